The van der Waals surface area contributed by atoms with Gasteiger partial charge >= 0.3 is 0 Å². The third-order valence-electron chi connectivity index (χ3n) is 6.21. The molecule has 1 saturated heterocycles. The fourth-order valence-corrected chi connectivity index (χ4v) is 4.83. The zero-order chi connectivity index (χ0) is 26.4. The molecular weight excluding hydrogens is 496 g/mol. The number of hydrogen-bond acceptors (Lipinski definition) is 10. The number of rotatable bonds is 11. The number of morpholine rings is 1. The maximum absolute atomic E-state index is 11.9. The number of methoxy groups -OCH3 is 1. The van der Waals surface area contributed by atoms with Gasteiger partial charge < -0.3 is 24.4 Å². The molecule has 0 radical (unpaired) electrons. The lowest BCUT2D eigenvalue weighted by atomic mass is 10.1. The van der Waals surface area contributed by atoms with E-state index in [1.807, 2.05) is 31.1 Å². The molecule has 1 aliphatic heterocycles. The lowest BCUT2D eigenvalue weighted by Gasteiger charge is -2.26. The zero-order valence-electron chi connectivity index (χ0n) is 21.4. The maximum Gasteiger partial charge on any atom is 0.238 e. The van der Waals surface area contributed by atoms with Crippen LogP contribution >= 0.6 is 0 Å². The Balaban J connectivity index is 1.53. The number of fused-ring (bicyclic) bond motifs is 1. The minimum Gasteiger partial charge on any atom is -0.493 e. The molecule has 4 rings (SSSR count). The van der Waals surface area contributed by atoms with E-state index in [0.717, 1.165) is 55.9 Å². The average molecular weight is 531 g/mol. The molecule has 37 heavy (non-hydrogen) atoms. The summed E-state index contributed by atoms with van der Waals surface area (Å²) in [6, 6.07) is 8.52. The summed E-state index contributed by atoms with van der Waals surface area (Å²) in [5.41, 5.74) is 2.32. The second-order valence-corrected chi connectivity index (χ2v) is 10.5. The summed E-state index contributed by atoms with van der Waals surface area (Å²) in [5.74, 6) is 1.80. The number of nitrogens with one attached hydrogen (secondary N) is 1. The molecule has 0 saturated carbocycles. The average Bonchev–Trinajstić information content (AvgIpc) is 2.89. The van der Waals surface area contributed by atoms with Crippen molar-refractivity contribution in [1.29, 1.82) is 0 Å². The highest BCUT2D eigenvalue weighted by Crippen LogP contribution is 2.34. The molecule has 3 aromatic rings. The summed E-state index contributed by atoms with van der Waals surface area (Å²) < 4.78 is 40.8. The summed E-state index contributed by atoms with van der Waals surface area (Å²) in [7, 11) is 1.56. The van der Waals surface area contributed by atoms with E-state index in [1.165, 1.54) is 12.4 Å². The van der Waals surface area contributed by atoms with Crippen LogP contribution in [-0.4, -0.2) is 83.9 Å². The fraction of sp³-hybridized carbons (Fsp3) is 0.440. The highest BCUT2D eigenvalue weighted by atomic mass is 32.2. The van der Waals surface area contributed by atoms with Gasteiger partial charge in [-0.05, 0) is 36.2 Å². The maximum atomic E-state index is 11.9. The van der Waals surface area contributed by atoms with Gasteiger partial charge in [0.1, 0.15) is 12.1 Å². The van der Waals surface area contributed by atoms with Gasteiger partial charge in [0, 0.05) is 57.4 Å². The van der Waals surface area contributed by atoms with Crippen LogP contribution in [0.1, 0.15) is 12.0 Å². The standard InChI is InChI=1S/C25H34N6O5S/c1-30(2)22-6-5-19(37(26,32)33)13-18(22)16-27-25-20-14-24(23(34-3)15-21(20)28-17-29-25)36-10-4-7-31-8-11-35-12-9-31/h5-6,13-15,17H,4,7-12,16H2,1-3H3,(H2,26,32,33)(H,27,28,29). The Morgan fingerprint density at radius 2 is 1.92 bits per heavy atom. The van der Waals surface area contributed by atoms with Gasteiger partial charge in [-0.1, -0.05) is 0 Å². The van der Waals surface area contributed by atoms with Crippen molar-refractivity contribution in [2.24, 2.45) is 5.14 Å². The Kier molecular flexibility index (Phi) is 8.64. The molecule has 0 aliphatic carbocycles. The Hall–Kier alpha value is -3.19. The van der Waals surface area contributed by atoms with E-state index >= 15 is 0 Å². The van der Waals surface area contributed by atoms with Crippen LogP contribution in [0.2, 0.25) is 0 Å². The summed E-state index contributed by atoms with van der Waals surface area (Å²) in [6.07, 6.45) is 2.35. The van der Waals surface area contributed by atoms with Crippen LogP contribution in [0.15, 0.2) is 41.6 Å². The molecule has 0 unspecified atom stereocenters. The number of hydrogen-bond donors (Lipinski definition) is 2. The fourth-order valence-electron chi connectivity index (χ4n) is 4.27. The van der Waals surface area contributed by atoms with Crippen molar-refractivity contribution in [1.82, 2.24) is 14.9 Å². The normalized spacial score (nSPS) is 14.5. The van der Waals surface area contributed by atoms with Crippen molar-refractivity contribution in [2.75, 3.05) is 70.9 Å². The largest absolute Gasteiger partial charge is 0.493 e. The molecule has 1 aromatic heterocycles. The first-order chi connectivity index (χ1) is 17.8. The van der Waals surface area contributed by atoms with Crippen LogP contribution < -0.4 is 24.8 Å². The molecule has 2 heterocycles. The topological polar surface area (TPSA) is 132 Å². The van der Waals surface area contributed by atoms with Crippen molar-refractivity contribution in [2.45, 2.75) is 17.9 Å². The molecule has 11 nitrogen and oxygen atoms in total. The number of nitrogens with zero attached hydrogens (tertiary/aromatic N) is 4. The van der Waals surface area contributed by atoms with Gasteiger partial charge in [0.15, 0.2) is 11.5 Å². The Morgan fingerprint density at radius 3 is 2.62 bits per heavy atom. The highest BCUT2D eigenvalue weighted by molar-refractivity contribution is 7.89. The molecule has 1 aliphatic rings. The number of sulfonamides is 1. The van der Waals surface area contributed by atoms with Gasteiger partial charge in [-0.15, -0.1) is 0 Å². The summed E-state index contributed by atoms with van der Waals surface area (Å²) in [6.45, 7) is 5.26. The van der Waals surface area contributed by atoms with Crippen molar-refractivity contribution in [3.8, 4) is 11.5 Å². The smallest absolute Gasteiger partial charge is 0.238 e. The van der Waals surface area contributed by atoms with Crippen molar-refractivity contribution in [3.05, 3.63) is 42.2 Å². The van der Waals surface area contributed by atoms with E-state index in [1.54, 1.807) is 19.2 Å². The highest BCUT2D eigenvalue weighted by Gasteiger charge is 2.16. The van der Waals surface area contributed by atoms with Crippen LogP contribution in [0, 0.1) is 0 Å². The molecule has 200 valence electrons. The first-order valence-corrected chi connectivity index (χ1v) is 13.6. The number of benzene rings is 2. The number of ether oxygens (including phenoxy) is 3. The van der Waals surface area contributed by atoms with E-state index in [-0.39, 0.29) is 4.90 Å². The molecule has 0 amide bonds. The predicted molar refractivity (Wildman–Crippen MR) is 143 cm³/mol. The summed E-state index contributed by atoms with van der Waals surface area (Å²) in [4.78, 5) is 13.2. The number of anilines is 2. The number of nitrogens with two attached hydrogens (primary N) is 1. The first-order valence-electron chi connectivity index (χ1n) is 12.1. The van der Waals surface area contributed by atoms with Crippen molar-refractivity contribution in [3.63, 3.8) is 0 Å². The van der Waals surface area contributed by atoms with E-state index in [0.29, 0.717) is 36.0 Å². The van der Waals surface area contributed by atoms with Gasteiger partial charge in [-0.2, -0.15) is 0 Å². The second-order valence-electron chi connectivity index (χ2n) is 8.98. The molecule has 0 bridgehead atoms. The van der Waals surface area contributed by atoms with Crippen molar-refractivity contribution < 1.29 is 22.6 Å². The van der Waals surface area contributed by atoms with E-state index in [2.05, 4.69) is 20.2 Å². The first kappa shape index (κ1) is 26.9. The van der Waals surface area contributed by atoms with Gasteiger partial charge in [0.2, 0.25) is 10.0 Å². The molecule has 1 fully saturated rings. The van der Waals surface area contributed by atoms with Crippen LogP contribution in [0.3, 0.4) is 0 Å². The van der Waals surface area contributed by atoms with Crippen LogP contribution in [-0.2, 0) is 21.3 Å². The van der Waals surface area contributed by atoms with Gasteiger partial charge in [-0.25, -0.2) is 23.5 Å². The molecule has 0 spiro atoms. The van der Waals surface area contributed by atoms with E-state index in [4.69, 9.17) is 19.3 Å². The van der Waals surface area contributed by atoms with Gasteiger partial charge in [0.05, 0.1) is 37.3 Å². The molecular formula is C25H34N6O5S. The van der Waals surface area contributed by atoms with Gasteiger partial charge in [-0.3, -0.25) is 4.90 Å². The molecule has 0 atom stereocenters. The zero-order valence-corrected chi connectivity index (χ0v) is 22.3. The second kappa shape index (κ2) is 11.9. The van der Waals surface area contributed by atoms with Crippen LogP contribution in [0.4, 0.5) is 11.5 Å². The minimum atomic E-state index is -3.83. The summed E-state index contributed by atoms with van der Waals surface area (Å²) >= 11 is 0. The van der Waals surface area contributed by atoms with E-state index in [9.17, 15) is 8.42 Å². The third-order valence-corrected chi connectivity index (χ3v) is 7.12. The number of aromatic nitrogens is 2. The third kappa shape index (κ3) is 6.77. The summed E-state index contributed by atoms with van der Waals surface area (Å²) in [5, 5.41) is 9.44. The lowest BCUT2D eigenvalue weighted by Crippen LogP contribution is -2.37. The van der Waals surface area contributed by atoms with Crippen LogP contribution in [0.5, 0.6) is 11.5 Å². The Morgan fingerprint density at radius 1 is 1.14 bits per heavy atom. The SMILES string of the molecule is COc1cc2ncnc(NCc3cc(S(N)(=O)=O)ccc3N(C)C)c2cc1OCCCN1CCOCC1. The molecule has 2 aromatic carbocycles. The number of primary sulfonamides is 1. The minimum absolute atomic E-state index is 0.0555. The van der Waals surface area contributed by atoms with Gasteiger partial charge in [0.25, 0.3) is 0 Å². The molecule has 12 heteroatoms. The quantitative estimate of drug-likeness (QED) is 0.355. The predicted octanol–water partition coefficient (Wildman–Crippen LogP) is 2.07. The lowest BCUT2D eigenvalue weighted by molar-refractivity contribution is 0.0357. The monoisotopic (exact) mass is 530 g/mol. The van der Waals surface area contributed by atoms with Crippen molar-refractivity contribution >= 4 is 32.4 Å². The Bertz CT molecular complexity index is 1330. The Labute approximate surface area is 217 Å². The van der Waals surface area contributed by atoms with Crippen LogP contribution in [0.25, 0.3) is 10.9 Å². The van der Waals surface area contributed by atoms with E-state index < -0.39 is 10.0 Å². The molecule has 3 N–H and O–H groups in total.